The van der Waals surface area contributed by atoms with Crippen LogP contribution in [0.5, 0.6) is 0 Å². The third kappa shape index (κ3) is 4.72. The fourth-order valence-electron chi connectivity index (χ4n) is 2.40. The van der Waals surface area contributed by atoms with Gasteiger partial charge >= 0.3 is 0 Å². The predicted octanol–water partition coefficient (Wildman–Crippen LogP) is 3.06. The molecule has 0 radical (unpaired) electrons. The molecule has 0 aliphatic carbocycles. The highest BCUT2D eigenvalue weighted by Gasteiger charge is 2.23. The van der Waals surface area contributed by atoms with Gasteiger partial charge in [0.15, 0.2) is 5.82 Å². The number of carbonyl (C=O) groups excluding carboxylic acids is 1. The Labute approximate surface area is 168 Å². The molecule has 0 fully saturated rings. The van der Waals surface area contributed by atoms with E-state index in [2.05, 4.69) is 15.3 Å². The fourth-order valence-corrected chi connectivity index (χ4v) is 3.66. The summed E-state index contributed by atoms with van der Waals surface area (Å²) < 4.78 is 26.0. The molecule has 0 spiro atoms. The van der Waals surface area contributed by atoms with Gasteiger partial charge in [-0.1, -0.05) is 41.9 Å². The van der Waals surface area contributed by atoms with Gasteiger partial charge in [0.05, 0.1) is 29.5 Å². The Morgan fingerprint density at radius 2 is 1.64 bits per heavy atom. The maximum atomic E-state index is 12.5. The largest absolute Gasteiger partial charge is 0.322 e. The number of benzene rings is 2. The highest BCUT2D eigenvalue weighted by atomic mass is 35.5. The number of nitrogens with zero attached hydrogens (tertiary/aromatic N) is 3. The lowest BCUT2D eigenvalue weighted by atomic mass is 10.2. The van der Waals surface area contributed by atoms with Crippen LogP contribution in [-0.4, -0.2) is 42.2 Å². The molecule has 0 aliphatic heterocycles. The fraction of sp³-hybridized carbons (Fsp3) is 0.105. The number of aromatic nitrogens is 2. The summed E-state index contributed by atoms with van der Waals surface area (Å²) in [6.45, 7) is -0.356. The van der Waals surface area contributed by atoms with E-state index in [1.54, 1.807) is 0 Å². The first-order valence-electron chi connectivity index (χ1n) is 8.25. The first kappa shape index (κ1) is 19.9. The van der Waals surface area contributed by atoms with E-state index in [-0.39, 0.29) is 11.4 Å². The van der Waals surface area contributed by atoms with Crippen LogP contribution in [0.2, 0.25) is 5.02 Å². The summed E-state index contributed by atoms with van der Waals surface area (Å²) in [4.78, 5) is 20.7. The van der Waals surface area contributed by atoms with Crippen LogP contribution in [0.3, 0.4) is 0 Å². The van der Waals surface area contributed by atoms with Crippen LogP contribution in [-0.2, 0) is 14.8 Å². The summed E-state index contributed by atoms with van der Waals surface area (Å²) in [5, 5.41) is 3.02. The number of hydrogen-bond donors (Lipinski definition) is 1. The SMILES string of the molecule is CN(CC(=O)Nc1cnc(-c2ccccc2)nc1)S(=O)(=O)c1ccc(Cl)cc1. The standard InChI is InChI=1S/C19H17ClN4O3S/c1-24(28(26,27)17-9-7-15(20)8-10-17)13-18(25)23-16-11-21-19(22-12-16)14-5-3-2-4-6-14/h2-12H,13H2,1H3,(H,23,25). The molecule has 0 bridgehead atoms. The zero-order valence-electron chi connectivity index (χ0n) is 14.9. The second-order valence-electron chi connectivity index (χ2n) is 5.92. The number of sulfonamides is 1. The molecule has 9 heteroatoms. The van der Waals surface area contributed by atoms with Crippen molar-refractivity contribution in [3.05, 3.63) is 72.0 Å². The van der Waals surface area contributed by atoms with Gasteiger partial charge < -0.3 is 5.32 Å². The number of halogens is 1. The molecular formula is C19H17ClN4O3S. The lowest BCUT2D eigenvalue weighted by Crippen LogP contribution is -2.35. The second-order valence-corrected chi connectivity index (χ2v) is 8.41. The molecule has 144 valence electrons. The van der Waals surface area contributed by atoms with E-state index in [0.717, 1.165) is 9.87 Å². The molecule has 0 unspecified atom stereocenters. The minimum Gasteiger partial charge on any atom is -0.322 e. The zero-order chi connectivity index (χ0) is 20.1. The Kier molecular flexibility index (Phi) is 6.03. The molecule has 3 aromatic rings. The van der Waals surface area contributed by atoms with E-state index in [1.807, 2.05) is 30.3 Å². The Balaban J connectivity index is 1.64. The first-order chi connectivity index (χ1) is 13.4. The van der Waals surface area contributed by atoms with Crippen LogP contribution in [0.15, 0.2) is 71.9 Å². The van der Waals surface area contributed by atoms with Crippen molar-refractivity contribution < 1.29 is 13.2 Å². The summed E-state index contributed by atoms with van der Waals surface area (Å²) in [5.74, 6) is 0.0251. The summed E-state index contributed by atoms with van der Waals surface area (Å²) in [7, 11) is -2.47. The third-order valence-electron chi connectivity index (χ3n) is 3.86. The van der Waals surface area contributed by atoms with E-state index >= 15 is 0 Å². The van der Waals surface area contributed by atoms with E-state index in [0.29, 0.717) is 16.5 Å². The zero-order valence-corrected chi connectivity index (χ0v) is 16.5. The van der Waals surface area contributed by atoms with Crippen LogP contribution >= 0.6 is 11.6 Å². The average molecular weight is 417 g/mol. The maximum absolute atomic E-state index is 12.5. The molecule has 2 aromatic carbocycles. The highest BCUT2D eigenvalue weighted by molar-refractivity contribution is 7.89. The number of rotatable bonds is 6. The molecule has 1 amide bonds. The normalized spacial score (nSPS) is 11.4. The van der Waals surface area contributed by atoms with Gasteiger partial charge in [-0.3, -0.25) is 4.79 Å². The van der Waals surface area contributed by atoms with Gasteiger partial charge in [-0.05, 0) is 24.3 Å². The van der Waals surface area contributed by atoms with E-state index in [1.165, 1.54) is 43.7 Å². The highest BCUT2D eigenvalue weighted by Crippen LogP contribution is 2.18. The molecule has 0 saturated heterocycles. The van der Waals surface area contributed by atoms with Gasteiger partial charge in [-0.2, -0.15) is 4.31 Å². The summed E-state index contributed by atoms with van der Waals surface area (Å²) in [6, 6.07) is 15.2. The van der Waals surface area contributed by atoms with Gasteiger partial charge in [0.1, 0.15) is 0 Å². The molecule has 1 N–H and O–H groups in total. The van der Waals surface area contributed by atoms with Crippen molar-refractivity contribution in [3.8, 4) is 11.4 Å². The minimum absolute atomic E-state index is 0.0581. The van der Waals surface area contributed by atoms with Gasteiger partial charge in [0, 0.05) is 17.6 Å². The number of anilines is 1. The Bertz CT molecular complexity index is 1060. The monoisotopic (exact) mass is 416 g/mol. The Hall–Kier alpha value is -2.81. The van der Waals surface area contributed by atoms with Crippen LogP contribution in [0.25, 0.3) is 11.4 Å². The summed E-state index contributed by atoms with van der Waals surface area (Å²) in [5.41, 5.74) is 1.23. The van der Waals surface area contributed by atoms with Gasteiger partial charge in [0.25, 0.3) is 0 Å². The molecule has 1 aromatic heterocycles. The van der Waals surface area contributed by atoms with Crippen LogP contribution in [0.4, 0.5) is 5.69 Å². The van der Waals surface area contributed by atoms with E-state index in [4.69, 9.17) is 11.6 Å². The number of nitrogens with one attached hydrogen (secondary N) is 1. The lowest BCUT2D eigenvalue weighted by molar-refractivity contribution is -0.116. The molecule has 28 heavy (non-hydrogen) atoms. The lowest BCUT2D eigenvalue weighted by Gasteiger charge is -2.17. The number of likely N-dealkylation sites (N-methyl/N-ethyl adjacent to an activating group) is 1. The van der Waals surface area contributed by atoms with Crippen molar-refractivity contribution in [2.45, 2.75) is 4.90 Å². The van der Waals surface area contributed by atoms with E-state index < -0.39 is 15.9 Å². The van der Waals surface area contributed by atoms with Crippen molar-refractivity contribution in [2.24, 2.45) is 0 Å². The van der Waals surface area contributed by atoms with Crippen LogP contribution in [0.1, 0.15) is 0 Å². The summed E-state index contributed by atoms with van der Waals surface area (Å²) >= 11 is 5.78. The van der Waals surface area contributed by atoms with Crippen LogP contribution in [0, 0.1) is 0 Å². The Morgan fingerprint density at radius 1 is 1.04 bits per heavy atom. The summed E-state index contributed by atoms with van der Waals surface area (Å²) in [6.07, 6.45) is 2.95. The average Bonchev–Trinajstić information content (AvgIpc) is 2.69. The molecule has 7 nitrogen and oxygen atoms in total. The molecule has 0 saturated carbocycles. The molecular weight excluding hydrogens is 400 g/mol. The molecule has 3 rings (SSSR count). The van der Waals surface area contributed by atoms with Gasteiger partial charge in [-0.15, -0.1) is 0 Å². The number of carbonyl (C=O) groups is 1. The van der Waals surface area contributed by atoms with Crippen molar-refractivity contribution in [2.75, 3.05) is 18.9 Å². The second kappa shape index (κ2) is 8.47. The molecule has 1 heterocycles. The molecule has 0 aliphatic rings. The van der Waals surface area contributed by atoms with Gasteiger partial charge in [-0.25, -0.2) is 18.4 Å². The number of hydrogen-bond acceptors (Lipinski definition) is 5. The van der Waals surface area contributed by atoms with Crippen molar-refractivity contribution in [3.63, 3.8) is 0 Å². The van der Waals surface area contributed by atoms with Crippen LogP contribution < -0.4 is 5.32 Å². The quantitative estimate of drug-likeness (QED) is 0.666. The molecule has 0 atom stereocenters. The number of amides is 1. The predicted molar refractivity (Wildman–Crippen MR) is 107 cm³/mol. The maximum Gasteiger partial charge on any atom is 0.243 e. The van der Waals surface area contributed by atoms with Crippen molar-refractivity contribution in [1.29, 1.82) is 0 Å². The Morgan fingerprint density at radius 3 is 2.25 bits per heavy atom. The first-order valence-corrected chi connectivity index (χ1v) is 10.1. The third-order valence-corrected chi connectivity index (χ3v) is 5.93. The van der Waals surface area contributed by atoms with Crippen molar-refractivity contribution in [1.82, 2.24) is 14.3 Å². The van der Waals surface area contributed by atoms with E-state index in [9.17, 15) is 13.2 Å². The topological polar surface area (TPSA) is 92.3 Å². The van der Waals surface area contributed by atoms with Crippen molar-refractivity contribution >= 4 is 33.2 Å². The smallest absolute Gasteiger partial charge is 0.243 e. The minimum atomic E-state index is -3.80. The van der Waals surface area contributed by atoms with Gasteiger partial charge in [0.2, 0.25) is 15.9 Å².